The standard InChI is InChI=1S/C23H34O7/c1-10-14-8-15(19-13-6-5-12(7-13)18(14)19)16(10)20(23(27)30-9-28-3)17(22(26)29-4)11(2)21(24)25/h10-20H,5-9H2,1-4H3,(H,24,25). The number of carbonyl (C=O) groups is 3. The van der Waals surface area contributed by atoms with Gasteiger partial charge in [0.05, 0.1) is 24.9 Å². The number of carboxylic acids is 1. The van der Waals surface area contributed by atoms with E-state index in [2.05, 4.69) is 6.92 Å². The molecular weight excluding hydrogens is 388 g/mol. The maximum absolute atomic E-state index is 13.2. The van der Waals surface area contributed by atoms with Gasteiger partial charge < -0.3 is 19.3 Å². The van der Waals surface area contributed by atoms with E-state index in [1.54, 1.807) is 0 Å². The summed E-state index contributed by atoms with van der Waals surface area (Å²) in [7, 11) is 2.68. The van der Waals surface area contributed by atoms with Crippen molar-refractivity contribution in [2.45, 2.75) is 39.5 Å². The number of carbonyl (C=O) groups excluding carboxylic acids is 2. The molecule has 4 aliphatic carbocycles. The van der Waals surface area contributed by atoms with Gasteiger partial charge in [0, 0.05) is 7.11 Å². The molecule has 0 aromatic carbocycles. The fraction of sp³-hybridized carbons (Fsp3) is 0.870. The van der Waals surface area contributed by atoms with Crippen molar-refractivity contribution in [1.82, 2.24) is 0 Å². The maximum Gasteiger partial charge on any atom is 0.312 e. The minimum absolute atomic E-state index is 0.0640. The Balaban J connectivity index is 1.70. The Bertz CT molecular complexity index is 706. The lowest BCUT2D eigenvalue weighted by Gasteiger charge is -2.45. The molecule has 7 heteroatoms. The first-order valence-corrected chi connectivity index (χ1v) is 11.3. The zero-order chi connectivity index (χ0) is 21.7. The summed E-state index contributed by atoms with van der Waals surface area (Å²) in [6.07, 6.45) is 4.97. The normalized spacial score (nSPS) is 41.2. The summed E-state index contributed by atoms with van der Waals surface area (Å²) in [4.78, 5) is 37.9. The molecule has 4 bridgehead atoms. The number of methoxy groups -OCH3 is 2. The molecule has 4 fully saturated rings. The van der Waals surface area contributed by atoms with Gasteiger partial charge in [-0.15, -0.1) is 0 Å². The van der Waals surface area contributed by atoms with Gasteiger partial charge in [0.2, 0.25) is 0 Å². The topological polar surface area (TPSA) is 99.1 Å². The van der Waals surface area contributed by atoms with Crippen LogP contribution in [0.15, 0.2) is 0 Å². The molecule has 0 aromatic rings. The number of hydrogen-bond acceptors (Lipinski definition) is 6. The van der Waals surface area contributed by atoms with E-state index in [-0.39, 0.29) is 18.6 Å². The largest absolute Gasteiger partial charge is 0.481 e. The molecule has 30 heavy (non-hydrogen) atoms. The summed E-state index contributed by atoms with van der Waals surface area (Å²) < 4.78 is 15.3. The molecule has 4 rings (SSSR count). The second kappa shape index (κ2) is 8.13. The fourth-order valence-corrected chi connectivity index (χ4v) is 8.23. The first kappa shape index (κ1) is 21.6. The second-order valence-corrected chi connectivity index (χ2v) is 10.1. The summed E-state index contributed by atoms with van der Waals surface area (Å²) >= 11 is 0. The van der Waals surface area contributed by atoms with Crippen LogP contribution in [0.25, 0.3) is 0 Å². The highest BCUT2D eigenvalue weighted by Gasteiger charge is 2.67. The molecule has 7 nitrogen and oxygen atoms in total. The van der Waals surface area contributed by atoms with Crippen molar-refractivity contribution in [3.63, 3.8) is 0 Å². The third kappa shape index (κ3) is 3.15. The monoisotopic (exact) mass is 422 g/mol. The summed E-state index contributed by atoms with van der Waals surface area (Å²) in [5.41, 5.74) is 0. The number of fused-ring (bicyclic) bond motifs is 9. The minimum Gasteiger partial charge on any atom is -0.481 e. The predicted molar refractivity (Wildman–Crippen MR) is 106 cm³/mol. The molecule has 11 unspecified atom stereocenters. The third-order valence-electron chi connectivity index (χ3n) is 9.15. The van der Waals surface area contributed by atoms with Crippen molar-refractivity contribution in [2.75, 3.05) is 21.0 Å². The SMILES string of the molecule is COCOC(=O)C(C(C(=O)OC)C(C)C(=O)O)C1C(C)C2CC1C1C3CCC(C3)C21. The quantitative estimate of drug-likeness (QED) is 0.365. The molecule has 4 saturated carbocycles. The molecule has 0 saturated heterocycles. The van der Waals surface area contributed by atoms with Crippen LogP contribution in [-0.2, 0) is 28.6 Å². The lowest BCUT2D eigenvalue weighted by Crippen LogP contribution is -2.49. The van der Waals surface area contributed by atoms with E-state index in [1.807, 2.05) is 0 Å². The van der Waals surface area contributed by atoms with E-state index >= 15 is 0 Å². The molecule has 0 amide bonds. The molecule has 0 aromatic heterocycles. The Morgan fingerprint density at radius 3 is 2.20 bits per heavy atom. The van der Waals surface area contributed by atoms with Gasteiger partial charge in [-0.1, -0.05) is 13.8 Å². The summed E-state index contributed by atoms with van der Waals surface area (Å²) in [6, 6.07) is 0. The number of carboxylic acid groups (broad SMARTS) is 1. The van der Waals surface area contributed by atoms with Gasteiger partial charge in [-0.2, -0.15) is 0 Å². The van der Waals surface area contributed by atoms with Crippen LogP contribution in [0.5, 0.6) is 0 Å². The van der Waals surface area contributed by atoms with Crippen LogP contribution < -0.4 is 0 Å². The van der Waals surface area contributed by atoms with Gasteiger partial charge in [0.1, 0.15) is 0 Å². The predicted octanol–water partition coefficient (Wildman–Crippen LogP) is 2.82. The summed E-state index contributed by atoms with van der Waals surface area (Å²) in [5.74, 6) is -1.28. The summed E-state index contributed by atoms with van der Waals surface area (Å²) in [6.45, 7) is 3.46. The lowest BCUT2D eigenvalue weighted by molar-refractivity contribution is -0.177. The van der Waals surface area contributed by atoms with Gasteiger partial charge in [0.15, 0.2) is 6.79 Å². The van der Waals surface area contributed by atoms with E-state index < -0.39 is 35.7 Å². The zero-order valence-corrected chi connectivity index (χ0v) is 18.3. The lowest BCUT2D eigenvalue weighted by atomic mass is 9.58. The number of rotatable bonds is 8. The molecule has 0 radical (unpaired) electrons. The number of ether oxygens (including phenoxy) is 3. The van der Waals surface area contributed by atoms with Gasteiger partial charge in [-0.05, 0) is 73.0 Å². The van der Waals surface area contributed by atoms with E-state index in [1.165, 1.54) is 40.4 Å². The highest BCUT2D eigenvalue weighted by molar-refractivity contribution is 5.86. The second-order valence-electron chi connectivity index (χ2n) is 10.1. The molecule has 0 aliphatic heterocycles. The maximum atomic E-state index is 13.2. The minimum atomic E-state index is -1.11. The first-order valence-electron chi connectivity index (χ1n) is 11.3. The average molecular weight is 423 g/mol. The van der Waals surface area contributed by atoms with Crippen LogP contribution in [0.4, 0.5) is 0 Å². The number of esters is 2. The van der Waals surface area contributed by atoms with Gasteiger partial charge >= 0.3 is 17.9 Å². The van der Waals surface area contributed by atoms with E-state index in [0.29, 0.717) is 23.7 Å². The van der Waals surface area contributed by atoms with Gasteiger partial charge in [-0.3, -0.25) is 14.4 Å². The molecule has 0 heterocycles. The van der Waals surface area contributed by atoms with E-state index in [4.69, 9.17) is 14.2 Å². The van der Waals surface area contributed by atoms with Crippen molar-refractivity contribution in [1.29, 1.82) is 0 Å². The number of aliphatic carboxylic acids is 1. The molecule has 1 N–H and O–H groups in total. The van der Waals surface area contributed by atoms with Crippen LogP contribution in [0, 0.1) is 65.1 Å². The third-order valence-corrected chi connectivity index (χ3v) is 9.15. The van der Waals surface area contributed by atoms with Crippen LogP contribution in [0.2, 0.25) is 0 Å². The highest BCUT2D eigenvalue weighted by atomic mass is 16.7. The Morgan fingerprint density at radius 1 is 1.00 bits per heavy atom. The first-order chi connectivity index (χ1) is 14.3. The van der Waals surface area contributed by atoms with Crippen LogP contribution >= 0.6 is 0 Å². The Hall–Kier alpha value is -1.63. The van der Waals surface area contributed by atoms with Crippen molar-refractivity contribution in [3.8, 4) is 0 Å². The van der Waals surface area contributed by atoms with Crippen molar-refractivity contribution in [2.24, 2.45) is 65.1 Å². The van der Waals surface area contributed by atoms with Crippen molar-refractivity contribution < 1.29 is 33.7 Å². The van der Waals surface area contributed by atoms with Crippen molar-refractivity contribution in [3.05, 3.63) is 0 Å². The molecule has 4 aliphatic rings. The zero-order valence-electron chi connectivity index (χ0n) is 18.3. The van der Waals surface area contributed by atoms with Crippen LogP contribution in [-0.4, -0.2) is 44.0 Å². The van der Waals surface area contributed by atoms with E-state index in [9.17, 15) is 19.5 Å². The van der Waals surface area contributed by atoms with E-state index in [0.717, 1.165) is 18.3 Å². The van der Waals surface area contributed by atoms with Gasteiger partial charge in [-0.25, -0.2) is 0 Å². The summed E-state index contributed by atoms with van der Waals surface area (Å²) in [5, 5.41) is 9.70. The molecule has 0 spiro atoms. The Morgan fingerprint density at radius 2 is 1.63 bits per heavy atom. The molecule has 168 valence electrons. The molecular formula is C23H34O7. The average Bonchev–Trinajstić information content (AvgIpc) is 3.48. The fourth-order valence-electron chi connectivity index (χ4n) is 8.23. The van der Waals surface area contributed by atoms with Crippen LogP contribution in [0.1, 0.15) is 39.5 Å². The van der Waals surface area contributed by atoms with Crippen LogP contribution in [0.3, 0.4) is 0 Å². The number of hydrogen-bond donors (Lipinski definition) is 1. The smallest absolute Gasteiger partial charge is 0.312 e. The molecule has 11 atom stereocenters. The Kier molecular flexibility index (Phi) is 5.86. The Labute approximate surface area is 177 Å². The highest BCUT2D eigenvalue weighted by Crippen LogP contribution is 2.71. The van der Waals surface area contributed by atoms with Crippen molar-refractivity contribution >= 4 is 17.9 Å². The van der Waals surface area contributed by atoms with Gasteiger partial charge in [0.25, 0.3) is 0 Å².